The molecule has 1 aromatic heterocycles. The second-order valence-electron chi connectivity index (χ2n) is 7.39. The Hall–Kier alpha value is -2.86. The van der Waals surface area contributed by atoms with Gasteiger partial charge in [0.05, 0.1) is 6.54 Å². The number of fused-ring (bicyclic) bond motifs is 1. The molecular formula is C22H24ClN5O. The molecule has 2 amide bonds. The molecule has 0 bridgehead atoms. The molecule has 0 unspecified atom stereocenters. The Labute approximate surface area is 175 Å². The number of nitrogens with one attached hydrogen (secondary N) is 1. The van der Waals surface area contributed by atoms with Gasteiger partial charge in [-0.25, -0.2) is 4.79 Å². The fourth-order valence-corrected chi connectivity index (χ4v) is 3.73. The molecule has 150 valence electrons. The van der Waals surface area contributed by atoms with Gasteiger partial charge in [-0.1, -0.05) is 53.9 Å². The number of benzene rings is 2. The number of aromatic nitrogens is 3. The molecule has 0 atom stereocenters. The highest BCUT2D eigenvalue weighted by molar-refractivity contribution is 6.30. The molecule has 0 spiro atoms. The summed E-state index contributed by atoms with van der Waals surface area (Å²) in [7, 11) is 0. The van der Waals surface area contributed by atoms with Crippen LogP contribution in [0.1, 0.15) is 36.2 Å². The van der Waals surface area contributed by atoms with Crippen LogP contribution in [0.2, 0.25) is 5.02 Å². The van der Waals surface area contributed by atoms with E-state index in [0.717, 1.165) is 43.6 Å². The lowest BCUT2D eigenvalue weighted by Gasteiger charge is -2.23. The fourth-order valence-electron chi connectivity index (χ4n) is 3.54. The van der Waals surface area contributed by atoms with Crippen LogP contribution >= 0.6 is 11.6 Å². The van der Waals surface area contributed by atoms with Crippen molar-refractivity contribution in [2.75, 3.05) is 10.2 Å². The minimum absolute atomic E-state index is 0.257. The second-order valence-corrected chi connectivity index (χ2v) is 7.83. The Balaban J connectivity index is 1.66. The lowest BCUT2D eigenvalue weighted by Crippen LogP contribution is -2.36. The molecule has 6 nitrogen and oxygen atoms in total. The van der Waals surface area contributed by atoms with Crippen LogP contribution in [0.3, 0.4) is 0 Å². The first-order chi connectivity index (χ1) is 14.1. The van der Waals surface area contributed by atoms with Crippen molar-refractivity contribution in [3.63, 3.8) is 0 Å². The van der Waals surface area contributed by atoms with Crippen LogP contribution in [0.5, 0.6) is 0 Å². The van der Waals surface area contributed by atoms with Gasteiger partial charge in [-0.2, -0.15) is 0 Å². The predicted octanol–water partition coefficient (Wildman–Crippen LogP) is 5.21. The number of hydrogen-bond donors (Lipinski definition) is 1. The summed E-state index contributed by atoms with van der Waals surface area (Å²) in [6, 6.07) is 15.0. The average molecular weight is 410 g/mol. The Kier molecular flexibility index (Phi) is 5.81. The molecule has 1 N–H and O–H groups in total. The van der Waals surface area contributed by atoms with Crippen molar-refractivity contribution in [2.45, 2.75) is 45.7 Å². The lowest BCUT2D eigenvalue weighted by molar-refractivity contribution is 0.256. The largest absolute Gasteiger partial charge is 0.329 e. The lowest BCUT2D eigenvalue weighted by atomic mass is 10.1. The van der Waals surface area contributed by atoms with Crippen molar-refractivity contribution in [2.24, 2.45) is 0 Å². The predicted molar refractivity (Wildman–Crippen MR) is 115 cm³/mol. The van der Waals surface area contributed by atoms with Crippen LogP contribution in [0.25, 0.3) is 0 Å². The van der Waals surface area contributed by atoms with Gasteiger partial charge in [0.15, 0.2) is 0 Å². The van der Waals surface area contributed by atoms with Gasteiger partial charge < -0.3 is 5.32 Å². The Bertz CT molecular complexity index is 999. The summed E-state index contributed by atoms with van der Waals surface area (Å²) >= 11 is 6.07. The number of halogens is 1. The molecule has 0 saturated carbocycles. The number of carbonyl (C=O) groups is 1. The van der Waals surface area contributed by atoms with Crippen LogP contribution in [0.4, 0.5) is 16.4 Å². The topological polar surface area (TPSA) is 63.1 Å². The molecule has 7 heteroatoms. The van der Waals surface area contributed by atoms with Gasteiger partial charge in [-0.15, -0.1) is 10.2 Å². The summed E-state index contributed by atoms with van der Waals surface area (Å²) < 4.78 is 2.08. The van der Waals surface area contributed by atoms with Gasteiger partial charge in [0.2, 0.25) is 5.95 Å². The molecule has 2 heterocycles. The Morgan fingerprint density at radius 2 is 1.97 bits per heavy atom. The van der Waals surface area contributed by atoms with Gasteiger partial charge in [0.1, 0.15) is 5.82 Å². The number of anilines is 2. The van der Waals surface area contributed by atoms with Crippen LogP contribution in [-0.4, -0.2) is 20.8 Å². The first-order valence-electron chi connectivity index (χ1n) is 9.92. The Morgan fingerprint density at radius 3 is 2.76 bits per heavy atom. The number of rotatable bonds is 4. The minimum Gasteiger partial charge on any atom is -0.307 e. The van der Waals surface area contributed by atoms with E-state index >= 15 is 0 Å². The zero-order chi connectivity index (χ0) is 20.2. The van der Waals surface area contributed by atoms with E-state index in [1.807, 2.05) is 43.3 Å². The van der Waals surface area contributed by atoms with Crippen LogP contribution < -0.4 is 10.2 Å². The summed E-state index contributed by atoms with van der Waals surface area (Å²) in [5.74, 6) is 1.53. The molecule has 1 aliphatic rings. The van der Waals surface area contributed by atoms with Crippen molar-refractivity contribution in [1.29, 1.82) is 0 Å². The molecular weight excluding hydrogens is 386 g/mol. The Morgan fingerprint density at radius 1 is 1.14 bits per heavy atom. The molecule has 29 heavy (non-hydrogen) atoms. The van der Waals surface area contributed by atoms with Crippen LogP contribution in [0, 0.1) is 6.92 Å². The molecule has 3 aromatic rings. The van der Waals surface area contributed by atoms with E-state index < -0.39 is 0 Å². The monoisotopic (exact) mass is 409 g/mol. The van der Waals surface area contributed by atoms with E-state index in [9.17, 15) is 4.79 Å². The van der Waals surface area contributed by atoms with E-state index in [1.165, 1.54) is 5.56 Å². The van der Waals surface area contributed by atoms with Gasteiger partial charge in [0.25, 0.3) is 0 Å². The maximum Gasteiger partial charge on any atom is 0.329 e. The quantitative estimate of drug-likeness (QED) is 0.643. The molecule has 0 radical (unpaired) electrons. The zero-order valence-electron chi connectivity index (χ0n) is 16.4. The van der Waals surface area contributed by atoms with Gasteiger partial charge in [0, 0.05) is 23.7 Å². The van der Waals surface area contributed by atoms with Crippen molar-refractivity contribution in [1.82, 2.24) is 14.8 Å². The smallest absolute Gasteiger partial charge is 0.307 e. The standard InChI is InChI=1S/C22H24ClN5O/c1-16-9-11-17(12-10-16)15-28(22(29)24-19-7-5-6-18(23)14-19)21-26-25-20-8-3-2-4-13-27(20)21/h5-7,9-12,14H,2-4,8,13,15H2,1H3,(H,24,29). The van der Waals surface area contributed by atoms with Crippen molar-refractivity contribution in [3.8, 4) is 0 Å². The number of nitrogens with zero attached hydrogens (tertiary/aromatic N) is 4. The molecule has 0 fully saturated rings. The summed E-state index contributed by atoms with van der Waals surface area (Å²) in [6.45, 7) is 3.28. The highest BCUT2D eigenvalue weighted by Gasteiger charge is 2.25. The third-order valence-corrected chi connectivity index (χ3v) is 5.35. The molecule has 0 saturated heterocycles. The molecule has 4 rings (SSSR count). The summed E-state index contributed by atoms with van der Waals surface area (Å²) in [5, 5.41) is 12.3. The normalized spacial score (nSPS) is 13.4. The number of carbonyl (C=O) groups excluding carboxylic acids is 1. The van der Waals surface area contributed by atoms with Crippen molar-refractivity contribution >= 4 is 29.3 Å². The van der Waals surface area contributed by atoms with Crippen molar-refractivity contribution in [3.05, 3.63) is 70.5 Å². The van der Waals surface area contributed by atoms with E-state index in [1.54, 1.807) is 17.0 Å². The summed E-state index contributed by atoms with van der Waals surface area (Å²) in [4.78, 5) is 14.9. The maximum atomic E-state index is 13.3. The van der Waals surface area contributed by atoms with Crippen LogP contribution in [-0.2, 0) is 19.5 Å². The number of urea groups is 1. The van der Waals surface area contributed by atoms with Crippen LogP contribution in [0.15, 0.2) is 48.5 Å². The summed E-state index contributed by atoms with van der Waals surface area (Å²) in [5.41, 5.74) is 2.86. The molecule has 1 aliphatic heterocycles. The maximum absolute atomic E-state index is 13.3. The van der Waals surface area contributed by atoms with Gasteiger partial charge in [-0.05, 0) is 43.5 Å². The van der Waals surface area contributed by atoms with E-state index in [-0.39, 0.29) is 6.03 Å². The number of amides is 2. The zero-order valence-corrected chi connectivity index (χ0v) is 17.2. The van der Waals surface area contributed by atoms with E-state index in [2.05, 4.69) is 20.1 Å². The second kappa shape index (κ2) is 8.66. The van der Waals surface area contributed by atoms with Gasteiger partial charge >= 0.3 is 6.03 Å². The first kappa shape index (κ1) is 19.5. The highest BCUT2D eigenvalue weighted by atomic mass is 35.5. The fraction of sp³-hybridized carbons (Fsp3) is 0.318. The molecule has 0 aliphatic carbocycles. The minimum atomic E-state index is -0.257. The van der Waals surface area contributed by atoms with Gasteiger partial charge in [-0.3, -0.25) is 9.47 Å². The number of hydrogen-bond acceptors (Lipinski definition) is 3. The van der Waals surface area contributed by atoms with E-state index in [0.29, 0.717) is 23.2 Å². The third-order valence-electron chi connectivity index (χ3n) is 5.11. The number of aryl methyl sites for hydroxylation is 2. The van der Waals surface area contributed by atoms with Crippen molar-refractivity contribution < 1.29 is 4.79 Å². The molecule has 2 aromatic carbocycles. The highest BCUT2D eigenvalue weighted by Crippen LogP contribution is 2.23. The first-order valence-corrected chi connectivity index (χ1v) is 10.3. The average Bonchev–Trinajstić information content (AvgIpc) is 2.95. The summed E-state index contributed by atoms with van der Waals surface area (Å²) in [6.07, 6.45) is 4.22. The SMILES string of the molecule is Cc1ccc(CN(C(=O)Nc2cccc(Cl)c2)c2nnc3n2CCCCC3)cc1. The van der Waals surface area contributed by atoms with E-state index in [4.69, 9.17) is 11.6 Å². The third kappa shape index (κ3) is 4.59.